The van der Waals surface area contributed by atoms with E-state index in [0.717, 1.165) is 0 Å². The minimum absolute atomic E-state index is 0.193. The van der Waals surface area contributed by atoms with E-state index in [2.05, 4.69) is 5.32 Å². The van der Waals surface area contributed by atoms with Gasteiger partial charge in [-0.2, -0.15) is 5.26 Å². The van der Waals surface area contributed by atoms with E-state index in [1.807, 2.05) is 6.07 Å². The molecule has 0 aromatic heterocycles. The summed E-state index contributed by atoms with van der Waals surface area (Å²) >= 11 is 0. The predicted octanol–water partition coefficient (Wildman–Crippen LogP) is -0.263. The lowest BCUT2D eigenvalue weighted by Gasteiger charge is -2.05. The van der Waals surface area contributed by atoms with Crippen molar-refractivity contribution in [1.29, 1.82) is 5.26 Å². The smallest absolute Gasteiger partial charge is 0.315 e. The van der Waals surface area contributed by atoms with Crippen LogP contribution in [0.25, 0.3) is 0 Å². The minimum Gasteiger partial charge on any atom is -0.481 e. The first kappa shape index (κ1) is 10.4. The summed E-state index contributed by atoms with van der Waals surface area (Å²) in [5.41, 5.74) is 0. The average molecular weight is 170 g/mol. The van der Waals surface area contributed by atoms with E-state index in [1.165, 1.54) is 6.92 Å². The summed E-state index contributed by atoms with van der Waals surface area (Å²) in [5, 5.41) is 18.8. The highest BCUT2D eigenvalue weighted by atomic mass is 16.4. The molecule has 0 bridgehead atoms. The van der Waals surface area contributed by atoms with Crippen molar-refractivity contribution < 1.29 is 14.7 Å². The van der Waals surface area contributed by atoms with Gasteiger partial charge in [0.25, 0.3) is 0 Å². The van der Waals surface area contributed by atoms with Gasteiger partial charge in [-0.05, 0) is 6.92 Å². The molecule has 0 saturated heterocycles. The largest absolute Gasteiger partial charge is 0.481 e. The minimum atomic E-state index is -1.16. The molecule has 0 radical (unpaired) electrons. The summed E-state index contributed by atoms with van der Waals surface area (Å²) in [5.74, 6) is -2.77. The van der Waals surface area contributed by atoms with Crippen LogP contribution in [0.1, 0.15) is 13.3 Å². The topological polar surface area (TPSA) is 90.2 Å². The number of nitrogens with zero attached hydrogens (tertiary/aromatic N) is 1. The molecule has 0 rings (SSSR count). The second kappa shape index (κ2) is 5.13. The van der Waals surface area contributed by atoms with Gasteiger partial charge in [-0.15, -0.1) is 0 Å². The number of nitrogens with one attached hydrogen (secondary N) is 1. The number of carbonyl (C=O) groups excluding carboxylic acids is 1. The van der Waals surface area contributed by atoms with Gasteiger partial charge in [-0.3, -0.25) is 9.59 Å². The van der Waals surface area contributed by atoms with Crippen LogP contribution in [-0.4, -0.2) is 23.5 Å². The Morgan fingerprint density at radius 1 is 1.67 bits per heavy atom. The lowest BCUT2D eigenvalue weighted by molar-refractivity contribution is -0.146. The number of hydrogen-bond donors (Lipinski definition) is 2. The van der Waals surface area contributed by atoms with E-state index in [0.29, 0.717) is 0 Å². The molecule has 0 aliphatic heterocycles. The van der Waals surface area contributed by atoms with Crippen LogP contribution < -0.4 is 5.32 Å². The predicted molar refractivity (Wildman–Crippen MR) is 40.0 cm³/mol. The van der Waals surface area contributed by atoms with Crippen LogP contribution in [-0.2, 0) is 9.59 Å². The van der Waals surface area contributed by atoms with Crippen molar-refractivity contribution in [2.45, 2.75) is 13.3 Å². The third-order valence-corrected chi connectivity index (χ3v) is 1.30. The van der Waals surface area contributed by atoms with Crippen LogP contribution in [0.15, 0.2) is 0 Å². The molecule has 5 heteroatoms. The van der Waals surface area contributed by atoms with Crippen LogP contribution in [0.5, 0.6) is 0 Å². The third kappa shape index (κ3) is 3.56. The lowest BCUT2D eigenvalue weighted by Crippen LogP contribution is -2.33. The molecule has 0 aliphatic carbocycles. The van der Waals surface area contributed by atoms with Crippen LogP contribution in [0, 0.1) is 17.2 Å². The molecule has 0 aromatic carbocycles. The summed E-state index contributed by atoms with van der Waals surface area (Å²) in [6.45, 7) is 1.50. The maximum absolute atomic E-state index is 10.9. The zero-order chi connectivity index (χ0) is 9.56. The number of carbonyl (C=O) groups is 2. The zero-order valence-corrected chi connectivity index (χ0v) is 6.70. The van der Waals surface area contributed by atoms with Gasteiger partial charge < -0.3 is 10.4 Å². The molecule has 5 nitrogen and oxygen atoms in total. The lowest BCUT2D eigenvalue weighted by atomic mass is 10.2. The Kier molecular flexibility index (Phi) is 4.46. The quantitative estimate of drug-likeness (QED) is 0.449. The SMILES string of the molecule is CC(C(=O)O)C(=O)NCCC#N. The molecule has 66 valence electrons. The van der Waals surface area contributed by atoms with Gasteiger partial charge >= 0.3 is 5.97 Å². The first-order chi connectivity index (χ1) is 5.59. The van der Waals surface area contributed by atoms with Gasteiger partial charge in [0.2, 0.25) is 5.91 Å². The maximum atomic E-state index is 10.9. The standard InChI is InChI=1S/C7H10N2O3/c1-5(7(11)12)6(10)9-4-2-3-8/h5H,2,4H2,1H3,(H,9,10)(H,11,12). The van der Waals surface area contributed by atoms with Gasteiger partial charge in [-0.1, -0.05) is 0 Å². The number of rotatable bonds is 4. The normalized spacial score (nSPS) is 11.3. The Bertz CT molecular complexity index is 219. The molecular weight excluding hydrogens is 160 g/mol. The van der Waals surface area contributed by atoms with Crippen molar-refractivity contribution in [3.05, 3.63) is 0 Å². The molecule has 0 heterocycles. The van der Waals surface area contributed by atoms with Gasteiger partial charge in [0.15, 0.2) is 0 Å². The van der Waals surface area contributed by atoms with Gasteiger partial charge in [-0.25, -0.2) is 0 Å². The number of hydrogen-bond acceptors (Lipinski definition) is 3. The van der Waals surface area contributed by atoms with Crippen molar-refractivity contribution in [1.82, 2.24) is 5.32 Å². The van der Waals surface area contributed by atoms with E-state index < -0.39 is 17.8 Å². The number of aliphatic carboxylic acids is 1. The van der Waals surface area contributed by atoms with E-state index >= 15 is 0 Å². The molecule has 2 N–H and O–H groups in total. The summed E-state index contributed by atoms with van der Waals surface area (Å²) < 4.78 is 0. The molecule has 0 saturated carbocycles. The third-order valence-electron chi connectivity index (χ3n) is 1.30. The number of carboxylic acid groups (broad SMARTS) is 1. The van der Waals surface area contributed by atoms with Crippen molar-refractivity contribution in [3.63, 3.8) is 0 Å². The monoisotopic (exact) mass is 170 g/mol. The first-order valence-corrected chi connectivity index (χ1v) is 3.47. The second-order valence-electron chi connectivity index (χ2n) is 2.26. The summed E-state index contributed by atoms with van der Waals surface area (Å²) in [6, 6.07) is 1.83. The molecule has 0 aliphatic rings. The highest BCUT2D eigenvalue weighted by Crippen LogP contribution is 1.93. The Balaban J connectivity index is 3.74. The fourth-order valence-electron chi connectivity index (χ4n) is 0.507. The summed E-state index contributed by atoms with van der Waals surface area (Å²) in [6.07, 6.45) is 0.193. The molecule has 0 spiro atoms. The first-order valence-electron chi connectivity index (χ1n) is 3.47. The molecule has 0 aromatic rings. The van der Waals surface area contributed by atoms with Gasteiger partial charge in [0, 0.05) is 6.54 Å². The number of amides is 1. The second-order valence-corrected chi connectivity index (χ2v) is 2.26. The van der Waals surface area contributed by atoms with Crippen LogP contribution in [0.4, 0.5) is 0 Å². The molecule has 1 amide bonds. The molecule has 1 atom stereocenters. The Hall–Kier alpha value is -1.57. The molecular formula is C7H10N2O3. The van der Waals surface area contributed by atoms with Crippen LogP contribution in [0.2, 0.25) is 0 Å². The van der Waals surface area contributed by atoms with Crippen molar-refractivity contribution >= 4 is 11.9 Å². The number of nitriles is 1. The average Bonchev–Trinajstić information content (AvgIpc) is 2.03. The van der Waals surface area contributed by atoms with E-state index in [1.54, 1.807) is 0 Å². The Labute approximate surface area is 70.0 Å². The van der Waals surface area contributed by atoms with Crippen LogP contribution >= 0.6 is 0 Å². The van der Waals surface area contributed by atoms with Crippen molar-refractivity contribution in [2.24, 2.45) is 5.92 Å². The molecule has 12 heavy (non-hydrogen) atoms. The van der Waals surface area contributed by atoms with Gasteiger partial charge in [0.05, 0.1) is 12.5 Å². The molecule has 1 unspecified atom stereocenters. The summed E-state index contributed by atoms with van der Waals surface area (Å²) in [7, 11) is 0. The Morgan fingerprint density at radius 2 is 2.25 bits per heavy atom. The van der Waals surface area contributed by atoms with Crippen molar-refractivity contribution in [2.75, 3.05) is 6.54 Å². The van der Waals surface area contributed by atoms with Crippen LogP contribution in [0.3, 0.4) is 0 Å². The van der Waals surface area contributed by atoms with E-state index in [4.69, 9.17) is 10.4 Å². The zero-order valence-electron chi connectivity index (χ0n) is 6.70. The highest BCUT2D eigenvalue weighted by Gasteiger charge is 2.19. The Morgan fingerprint density at radius 3 is 2.67 bits per heavy atom. The molecule has 0 fully saturated rings. The highest BCUT2D eigenvalue weighted by molar-refractivity contribution is 5.96. The maximum Gasteiger partial charge on any atom is 0.315 e. The van der Waals surface area contributed by atoms with Gasteiger partial charge in [0.1, 0.15) is 5.92 Å². The fourth-order valence-corrected chi connectivity index (χ4v) is 0.507. The fraction of sp³-hybridized carbons (Fsp3) is 0.571. The number of carboxylic acids is 1. The van der Waals surface area contributed by atoms with E-state index in [-0.39, 0.29) is 13.0 Å². The van der Waals surface area contributed by atoms with Crippen molar-refractivity contribution in [3.8, 4) is 6.07 Å². The van der Waals surface area contributed by atoms with E-state index in [9.17, 15) is 9.59 Å². The summed E-state index contributed by atoms with van der Waals surface area (Å²) in [4.78, 5) is 21.1.